The number of ether oxygens (including phenoxy) is 1. The molecule has 0 saturated heterocycles. The Labute approximate surface area is 104 Å². The second-order valence-corrected chi connectivity index (χ2v) is 5.70. The summed E-state index contributed by atoms with van der Waals surface area (Å²) in [7, 11) is 2.03. The van der Waals surface area contributed by atoms with Gasteiger partial charge in [-0.1, -0.05) is 26.0 Å². The van der Waals surface area contributed by atoms with E-state index in [0.717, 1.165) is 12.2 Å². The van der Waals surface area contributed by atoms with Crippen molar-refractivity contribution in [2.24, 2.45) is 5.41 Å². The Kier molecular flexibility index (Phi) is 3.17. The second kappa shape index (κ2) is 4.34. The topological polar surface area (TPSA) is 21.3 Å². The molecule has 2 nitrogen and oxygen atoms in total. The fraction of sp³-hybridized carbons (Fsp3) is 0.600. The van der Waals surface area contributed by atoms with Crippen LogP contribution in [0.3, 0.4) is 0 Å². The summed E-state index contributed by atoms with van der Waals surface area (Å²) in [5.41, 5.74) is 2.77. The van der Waals surface area contributed by atoms with Crippen molar-refractivity contribution in [2.75, 3.05) is 7.05 Å². The maximum Gasteiger partial charge on any atom is 0.122 e. The van der Waals surface area contributed by atoms with Crippen LogP contribution in [0.2, 0.25) is 0 Å². The summed E-state index contributed by atoms with van der Waals surface area (Å²) in [5.74, 6) is 1.04. The number of rotatable bonds is 3. The van der Waals surface area contributed by atoms with Crippen molar-refractivity contribution in [3.05, 3.63) is 29.3 Å². The lowest BCUT2D eigenvalue weighted by Crippen LogP contribution is -2.61. The molecule has 0 spiro atoms. The number of benzene rings is 1. The fourth-order valence-corrected chi connectivity index (χ4v) is 2.58. The van der Waals surface area contributed by atoms with E-state index in [-0.39, 0.29) is 5.41 Å². The van der Waals surface area contributed by atoms with E-state index in [0.29, 0.717) is 12.1 Å². The molecule has 2 heteroatoms. The third-order valence-corrected chi connectivity index (χ3v) is 4.35. The summed E-state index contributed by atoms with van der Waals surface area (Å²) < 4.78 is 6.17. The van der Waals surface area contributed by atoms with E-state index in [9.17, 15) is 0 Å². The summed E-state index contributed by atoms with van der Waals surface area (Å²) in [6.45, 7) is 8.80. The lowest BCUT2D eigenvalue weighted by atomic mass is 9.64. The van der Waals surface area contributed by atoms with Crippen LogP contribution >= 0.6 is 0 Å². The fourth-order valence-electron chi connectivity index (χ4n) is 2.58. The van der Waals surface area contributed by atoms with Gasteiger partial charge in [-0.25, -0.2) is 0 Å². The van der Waals surface area contributed by atoms with Gasteiger partial charge in [0.2, 0.25) is 0 Å². The standard InChI is InChI=1S/C15H23NO/c1-10-7-6-8-12(11(10)2)17-14-9-13(16-5)15(14,3)4/h6-8,13-14,16H,9H2,1-5H3. The van der Waals surface area contributed by atoms with Crippen molar-refractivity contribution < 1.29 is 4.74 Å². The minimum atomic E-state index is 0.213. The minimum Gasteiger partial charge on any atom is -0.489 e. The average Bonchev–Trinajstić information content (AvgIpc) is 2.29. The highest BCUT2D eigenvalue weighted by atomic mass is 16.5. The molecule has 1 aliphatic carbocycles. The Morgan fingerprint density at radius 3 is 2.59 bits per heavy atom. The highest BCUT2D eigenvalue weighted by molar-refractivity contribution is 5.38. The van der Waals surface area contributed by atoms with Crippen LogP contribution in [0.5, 0.6) is 5.75 Å². The van der Waals surface area contributed by atoms with Crippen LogP contribution in [-0.2, 0) is 0 Å². The first-order valence-electron chi connectivity index (χ1n) is 6.37. The van der Waals surface area contributed by atoms with Crippen LogP contribution in [0.4, 0.5) is 0 Å². The summed E-state index contributed by atoms with van der Waals surface area (Å²) in [6.07, 6.45) is 1.41. The highest BCUT2D eigenvalue weighted by Gasteiger charge is 2.49. The van der Waals surface area contributed by atoms with E-state index < -0.39 is 0 Å². The summed E-state index contributed by atoms with van der Waals surface area (Å²) in [4.78, 5) is 0. The predicted molar refractivity (Wildman–Crippen MR) is 71.6 cm³/mol. The summed E-state index contributed by atoms with van der Waals surface area (Å²) >= 11 is 0. The van der Waals surface area contributed by atoms with E-state index in [1.54, 1.807) is 0 Å². The second-order valence-electron chi connectivity index (χ2n) is 5.70. The zero-order valence-corrected chi connectivity index (χ0v) is 11.5. The molecular formula is C15H23NO. The number of aryl methyl sites for hydroxylation is 1. The molecule has 2 unspecified atom stereocenters. The number of hydrogen-bond donors (Lipinski definition) is 1. The molecule has 1 aliphatic rings. The molecule has 0 amide bonds. The maximum atomic E-state index is 6.17. The zero-order valence-electron chi connectivity index (χ0n) is 11.5. The van der Waals surface area contributed by atoms with Gasteiger partial charge in [-0.05, 0) is 38.1 Å². The van der Waals surface area contributed by atoms with E-state index in [2.05, 4.69) is 51.2 Å². The van der Waals surface area contributed by atoms with Crippen LogP contribution in [0.15, 0.2) is 18.2 Å². The number of nitrogens with one attached hydrogen (secondary N) is 1. The molecule has 0 heterocycles. The zero-order chi connectivity index (χ0) is 12.6. The molecule has 0 aromatic heterocycles. The molecule has 1 fully saturated rings. The Morgan fingerprint density at radius 1 is 1.29 bits per heavy atom. The monoisotopic (exact) mass is 233 g/mol. The normalized spacial score (nSPS) is 26.4. The minimum absolute atomic E-state index is 0.213. The van der Waals surface area contributed by atoms with Crippen molar-refractivity contribution in [3.63, 3.8) is 0 Å². The molecule has 94 valence electrons. The molecule has 0 aliphatic heterocycles. The molecular weight excluding hydrogens is 210 g/mol. The maximum absolute atomic E-state index is 6.17. The Morgan fingerprint density at radius 2 is 2.00 bits per heavy atom. The van der Waals surface area contributed by atoms with Gasteiger partial charge in [0.05, 0.1) is 0 Å². The summed E-state index contributed by atoms with van der Waals surface area (Å²) in [6, 6.07) is 6.84. The first kappa shape index (κ1) is 12.4. The van der Waals surface area contributed by atoms with Crippen molar-refractivity contribution in [3.8, 4) is 5.75 Å². The molecule has 2 atom stereocenters. The van der Waals surface area contributed by atoms with Crippen LogP contribution < -0.4 is 10.1 Å². The molecule has 0 bridgehead atoms. The molecule has 2 rings (SSSR count). The third-order valence-electron chi connectivity index (χ3n) is 4.35. The molecule has 1 N–H and O–H groups in total. The number of hydrogen-bond acceptors (Lipinski definition) is 2. The quantitative estimate of drug-likeness (QED) is 0.866. The van der Waals surface area contributed by atoms with Crippen molar-refractivity contribution in [2.45, 2.75) is 46.3 Å². The lowest BCUT2D eigenvalue weighted by molar-refractivity contribution is -0.0524. The molecule has 1 saturated carbocycles. The largest absolute Gasteiger partial charge is 0.489 e. The lowest BCUT2D eigenvalue weighted by Gasteiger charge is -2.51. The van der Waals surface area contributed by atoms with Gasteiger partial charge in [0.1, 0.15) is 11.9 Å². The van der Waals surface area contributed by atoms with Gasteiger partial charge in [-0.3, -0.25) is 0 Å². The van der Waals surface area contributed by atoms with Gasteiger partial charge in [0.25, 0.3) is 0 Å². The highest BCUT2D eigenvalue weighted by Crippen LogP contribution is 2.43. The van der Waals surface area contributed by atoms with Crippen molar-refractivity contribution in [1.82, 2.24) is 5.32 Å². The molecule has 1 aromatic rings. The van der Waals surface area contributed by atoms with Gasteiger partial charge in [-0.15, -0.1) is 0 Å². The van der Waals surface area contributed by atoms with E-state index in [4.69, 9.17) is 4.74 Å². The van der Waals surface area contributed by atoms with Crippen molar-refractivity contribution >= 4 is 0 Å². The smallest absolute Gasteiger partial charge is 0.122 e. The third kappa shape index (κ3) is 2.06. The van der Waals surface area contributed by atoms with Crippen LogP contribution in [-0.4, -0.2) is 19.2 Å². The van der Waals surface area contributed by atoms with Gasteiger partial charge in [0.15, 0.2) is 0 Å². The van der Waals surface area contributed by atoms with Gasteiger partial charge < -0.3 is 10.1 Å². The van der Waals surface area contributed by atoms with Crippen LogP contribution in [0.25, 0.3) is 0 Å². The average molecular weight is 233 g/mol. The SMILES string of the molecule is CNC1CC(Oc2cccc(C)c2C)C1(C)C. The first-order valence-corrected chi connectivity index (χ1v) is 6.37. The van der Waals surface area contributed by atoms with Crippen LogP contribution in [0.1, 0.15) is 31.4 Å². The van der Waals surface area contributed by atoms with Gasteiger partial charge >= 0.3 is 0 Å². The Balaban J connectivity index is 2.11. The molecule has 17 heavy (non-hydrogen) atoms. The predicted octanol–water partition coefficient (Wildman–Crippen LogP) is 3.07. The van der Waals surface area contributed by atoms with Crippen LogP contribution in [0, 0.1) is 19.3 Å². The van der Waals surface area contributed by atoms with Gasteiger partial charge in [0, 0.05) is 17.9 Å². The van der Waals surface area contributed by atoms with Crippen molar-refractivity contribution in [1.29, 1.82) is 0 Å². The molecule has 1 aromatic carbocycles. The van der Waals surface area contributed by atoms with E-state index in [1.165, 1.54) is 11.1 Å². The Hall–Kier alpha value is -1.02. The summed E-state index contributed by atoms with van der Waals surface area (Å²) in [5, 5.41) is 3.35. The molecule has 0 radical (unpaired) electrons. The first-order chi connectivity index (χ1) is 7.96. The Bertz CT molecular complexity index is 411. The van der Waals surface area contributed by atoms with Gasteiger partial charge in [-0.2, -0.15) is 0 Å². The van der Waals surface area contributed by atoms with E-state index >= 15 is 0 Å². The van der Waals surface area contributed by atoms with E-state index in [1.807, 2.05) is 7.05 Å².